The lowest BCUT2D eigenvalue weighted by Crippen LogP contribution is -2.39. The van der Waals surface area contributed by atoms with E-state index in [0.29, 0.717) is 6.04 Å². The minimum atomic E-state index is -0.104. The normalized spacial score (nSPS) is 18.2. The molecule has 0 bridgehead atoms. The fourth-order valence-electron chi connectivity index (χ4n) is 3.09. The minimum absolute atomic E-state index is 0.104. The van der Waals surface area contributed by atoms with E-state index in [0.717, 1.165) is 18.2 Å². The van der Waals surface area contributed by atoms with Crippen LogP contribution in [0.3, 0.4) is 0 Å². The number of rotatable bonds is 4. The van der Waals surface area contributed by atoms with E-state index in [9.17, 15) is 0 Å². The minimum Gasteiger partial charge on any atom is -0.311 e. The summed E-state index contributed by atoms with van der Waals surface area (Å²) in [6.07, 6.45) is 6.60. The number of hydrogen-bond donors (Lipinski definition) is 1. The monoisotopic (exact) mass is 250 g/mol. The SMILES string of the molecule is CCNC(C)(C)c1nnc(C)n1C1CCCCC1. The maximum atomic E-state index is 4.43. The molecule has 0 unspecified atom stereocenters. The van der Waals surface area contributed by atoms with Gasteiger partial charge in [-0.2, -0.15) is 0 Å². The first-order chi connectivity index (χ1) is 8.56. The Labute approximate surface area is 110 Å². The van der Waals surface area contributed by atoms with Crippen molar-refractivity contribution in [2.75, 3.05) is 6.54 Å². The summed E-state index contributed by atoms with van der Waals surface area (Å²) >= 11 is 0. The van der Waals surface area contributed by atoms with Crippen LogP contribution in [0, 0.1) is 6.92 Å². The molecule has 2 rings (SSSR count). The highest BCUT2D eigenvalue weighted by Gasteiger charge is 2.30. The van der Waals surface area contributed by atoms with Gasteiger partial charge in [0, 0.05) is 6.04 Å². The van der Waals surface area contributed by atoms with Crippen LogP contribution < -0.4 is 5.32 Å². The van der Waals surface area contributed by atoms with Crippen molar-refractivity contribution in [3.05, 3.63) is 11.6 Å². The fourth-order valence-corrected chi connectivity index (χ4v) is 3.09. The summed E-state index contributed by atoms with van der Waals surface area (Å²) in [6.45, 7) is 9.55. The summed E-state index contributed by atoms with van der Waals surface area (Å²) < 4.78 is 2.38. The van der Waals surface area contributed by atoms with Crippen molar-refractivity contribution in [3.63, 3.8) is 0 Å². The van der Waals surface area contributed by atoms with E-state index in [1.54, 1.807) is 0 Å². The number of aromatic nitrogens is 3. The molecule has 1 fully saturated rings. The van der Waals surface area contributed by atoms with Crippen molar-refractivity contribution in [2.45, 2.75) is 71.4 Å². The average Bonchev–Trinajstić information content (AvgIpc) is 2.73. The predicted octanol–water partition coefficient (Wildman–Crippen LogP) is 2.94. The number of aryl methyl sites for hydroxylation is 1. The topological polar surface area (TPSA) is 42.7 Å². The smallest absolute Gasteiger partial charge is 0.153 e. The summed E-state index contributed by atoms with van der Waals surface area (Å²) in [7, 11) is 0. The van der Waals surface area contributed by atoms with Crippen LogP contribution in [-0.4, -0.2) is 21.3 Å². The van der Waals surface area contributed by atoms with Gasteiger partial charge in [0.25, 0.3) is 0 Å². The fraction of sp³-hybridized carbons (Fsp3) is 0.857. The second-order valence-corrected chi connectivity index (χ2v) is 5.89. The van der Waals surface area contributed by atoms with Crippen LogP contribution in [0.15, 0.2) is 0 Å². The summed E-state index contributed by atoms with van der Waals surface area (Å²) in [5.74, 6) is 2.15. The van der Waals surface area contributed by atoms with Gasteiger partial charge in [-0.15, -0.1) is 10.2 Å². The third-order valence-electron chi connectivity index (χ3n) is 3.98. The molecule has 0 saturated heterocycles. The van der Waals surface area contributed by atoms with Crippen LogP contribution in [0.4, 0.5) is 0 Å². The predicted molar refractivity (Wildman–Crippen MR) is 73.6 cm³/mol. The van der Waals surface area contributed by atoms with E-state index < -0.39 is 0 Å². The largest absolute Gasteiger partial charge is 0.311 e. The Morgan fingerprint density at radius 3 is 2.50 bits per heavy atom. The number of nitrogens with zero attached hydrogens (tertiary/aromatic N) is 3. The summed E-state index contributed by atoms with van der Waals surface area (Å²) in [5, 5.41) is 12.3. The van der Waals surface area contributed by atoms with Gasteiger partial charge in [-0.25, -0.2) is 0 Å². The van der Waals surface area contributed by atoms with Gasteiger partial charge in [-0.1, -0.05) is 26.2 Å². The molecule has 1 heterocycles. The molecule has 1 N–H and O–H groups in total. The maximum absolute atomic E-state index is 4.43. The first kappa shape index (κ1) is 13.5. The molecule has 1 aromatic rings. The summed E-state index contributed by atoms with van der Waals surface area (Å²) in [6, 6.07) is 0.599. The van der Waals surface area contributed by atoms with Crippen molar-refractivity contribution in [2.24, 2.45) is 0 Å². The van der Waals surface area contributed by atoms with Gasteiger partial charge in [0.2, 0.25) is 0 Å². The molecule has 4 heteroatoms. The molecule has 0 radical (unpaired) electrons. The van der Waals surface area contributed by atoms with E-state index in [-0.39, 0.29) is 5.54 Å². The molecule has 4 nitrogen and oxygen atoms in total. The number of nitrogens with one attached hydrogen (secondary N) is 1. The van der Waals surface area contributed by atoms with Crippen molar-refractivity contribution < 1.29 is 0 Å². The van der Waals surface area contributed by atoms with Crippen molar-refractivity contribution >= 4 is 0 Å². The highest BCUT2D eigenvalue weighted by Crippen LogP contribution is 2.32. The summed E-state index contributed by atoms with van der Waals surface area (Å²) in [4.78, 5) is 0. The molecule has 1 aromatic heterocycles. The maximum Gasteiger partial charge on any atom is 0.153 e. The van der Waals surface area contributed by atoms with Crippen LogP contribution >= 0.6 is 0 Å². The average molecular weight is 250 g/mol. The molecule has 0 aliphatic heterocycles. The first-order valence-electron chi connectivity index (χ1n) is 7.23. The highest BCUT2D eigenvalue weighted by molar-refractivity contribution is 5.08. The molecule has 0 amide bonds. The Balaban J connectivity index is 2.31. The van der Waals surface area contributed by atoms with Crippen molar-refractivity contribution in [1.29, 1.82) is 0 Å². The molecule has 18 heavy (non-hydrogen) atoms. The van der Waals surface area contributed by atoms with Gasteiger partial charge in [-0.05, 0) is 40.2 Å². The molecule has 0 aromatic carbocycles. The highest BCUT2D eigenvalue weighted by atomic mass is 15.3. The van der Waals surface area contributed by atoms with Gasteiger partial charge in [0.05, 0.1) is 5.54 Å². The lowest BCUT2D eigenvalue weighted by Gasteiger charge is -2.31. The van der Waals surface area contributed by atoms with Crippen LogP contribution in [0.5, 0.6) is 0 Å². The standard InChI is InChI=1S/C14H26N4/c1-5-15-14(3,4)13-17-16-11(2)18(13)12-9-7-6-8-10-12/h12,15H,5-10H2,1-4H3. The van der Waals surface area contributed by atoms with Crippen LogP contribution in [-0.2, 0) is 5.54 Å². The second-order valence-electron chi connectivity index (χ2n) is 5.89. The van der Waals surface area contributed by atoms with Gasteiger partial charge >= 0.3 is 0 Å². The zero-order chi connectivity index (χ0) is 13.2. The zero-order valence-electron chi connectivity index (χ0n) is 12.2. The Kier molecular flexibility index (Phi) is 4.05. The number of hydrogen-bond acceptors (Lipinski definition) is 3. The van der Waals surface area contributed by atoms with Gasteiger partial charge in [-0.3, -0.25) is 0 Å². The summed E-state index contributed by atoms with van der Waals surface area (Å²) in [5.41, 5.74) is -0.104. The van der Waals surface area contributed by atoms with Crippen LogP contribution in [0.25, 0.3) is 0 Å². The van der Waals surface area contributed by atoms with Crippen LogP contribution in [0.2, 0.25) is 0 Å². The zero-order valence-corrected chi connectivity index (χ0v) is 12.2. The van der Waals surface area contributed by atoms with Crippen molar-refractivity contribution in [3.8, 4) is 0 Å². The lowest BCUT2D eigenvalue weighted by molar-refractivity contribution is 0.303. The second kappa shape index (κ2) is 5.39. The van der Waals surface area contributed by atoms with Crippen molar-refractivity contribution in [1.82, 2.24) is 20.1 Å². The van der Waals surface area contributed by atoms with E-state index >= 15 is 0 Å². The Hall–Kier alpha value is -0.900. The Morgan fingerprint density at radius 2 is 1.89 bits per heavy atom. The Bertz CT molecular complexity index is 388. The van der Waals surface area contributed by atoms with E-state index in [1.165, 1.54) is 32.1 Å². The van der Waals surface area contributed by atoms with E-state index in [1.807, 2.05) is 0 Å². The Morgan fingerprint density at radius 1 is 1.22 bits per heavy atom. The van der Waals surface area contributed by atoms with Gasteiger partial charge < -0.3 is 9.88 Å². The quantitative estimate of drug-likeness (QED) is 0.893. The molecule has 0 spiro atoms. The first-order valence-corrected chi connectivity index (χ1v) is 7.23. The van der Waals surface area contributed by atoms with Gasteiger partial charge in [0.15, 0.2) is 5.82 Å². The van der Waals surface area contributed by atoms with Crippen LogP contribution in [0.1, 0.15) is 70.6 Å². The molecule has 102 valence electrons. The molecular weight excluding hydrogens is 224 g/mol. The molecule has 0 atom stereocenters. The van der Waals surface area contributed by atoms with E-state index in [4.69, 9.17) is 0 Å². The molecule has 1 saturated carbocycles. The van der Waals surface area contributed by atoms with E-state index in [2.05, 4.69) is 47.8 Å². The third-order valence-corrected chi connectivity index (χ3v) is 3.98. The third kappa shape index (κ3) is 2.58. The molecular formula is C14H26N4. The van der Waals surface area contributed by atoms with Gasteiger partial charge in [0.1, 0.15) is 5.82 Å². The molecule has 1 aliphatic carbocycles. The lowest BCUT2D eigenvalue weighted by atomic mass is 9.94. The molecule has 1 aliphatic rings.